The Kier molecular flexibility index (Phi) is 16.3. The summed E-state index contributed by atoms with van der Waals surface area (Å²) in [6.45, 7) is 1.70. The van der Waals surface area contributed by atoms with Gasteiger partial charge in [0.05, 0.1) is 6.54 Å². The van der Waals surface area contributed by atoms with Crippen molar-refractivity contribution >= 4 is 63.9 Å². The number of hydrogen-bond donors (Lipinski definition) is 10. The summed E-state index contributed by atoms with van der Waals surface area (Å²) in [6, 6.07) is 18.3. The van der Waals surface area contributed by atoms with Crippen LogP contribution < -0.4 is 43.4 Å². The van der Waals surface area contributed by atoms with Crippen LogP contribution in [-0.2, 0) is 54.5 Å². The average Bonchev–Trinajstić information content (AvgIpc) is 3.65. The van der Waals surface area contributed by atoms with E-state index in [1.165, 1.54) is 0 Å². The van der Waals surface area contributed by atoms with Gasteiger partial charge in [-0.2, -0.15) is 0 Å². The van der Waals surface area contributed by atoms with E-state index in [9.17, 15) is 28.8 Å². The molecule has 4 aromatic rings. The summed E-state index contributed by atoms with van der Waals surface area (Å²) >= 11 is 6.54. The van der Waals surface area contributed by atoms with Gasteiger partial charge in [0.15, 0.2) is 5.96 Å². The second kappa shape index (κ2) is 21.7. The third-order valence-corrected chi connectivity index (χ3v) is 11.1. The van der Waals surface area contributed by atoms with E-state index >= 15 is 0 Å². The minimum absolute atomic E-state index is 0.0278. The van der Waals surface area contributed by atoms with Crippen LogP contribution in [0.15, 0.2) is 79.0 Å². The molecule has 0 saturated carbocycles. The molecule has 0 radical (unpaired) electrons. The van der Waals surface area contributed by atoms with Crippen molar-refractivity contribution in [1.82, 2.24) is 36.9 Å². The molecular weight excluding hydrogens is 800 g/mol. The number of benzene rings is 3. The highest BCUT2D eigenvalue weighted by molar-refractivity contribution is 6.31. The van der Waals surface area contributed by atoms with Crippen molar-refractivity contribution in [3.05, 3.63) is 106 Å². The lowest BCUT2D eigenvalue weighted by atomic mass is 9.76. The van der Waals surface area contributed by atoms with Gasteiger partial charge in [-0.15, -0.1) is 0 Å². The van der Waals surface area contributed by atoms with Gasteiger partial charge >= 0.3 is 0 Å². The van der Waals surface area contributed by atoms with Gasteiger partial charge in [0.2, 0.25) is 35.4 Å². The third-order valence-electron chi connectivity index (χ3n) is 10.8. The fourth-order valence-corrected chi connectivity index (χ4v) is 7.84. The molecule has 17 heteroatoms. The van der Waals surface area contributed by atoms with Crippen molar-refractivity contribution in [3.63, 3.8) is 0 Å². The number of guanidine groups is 1. The first kappa shape index (κ1) is 45.7. The van der Waals surface area contributed by atoms with Crippen LogP contribution >= 0.6 is 11.6 Å². The van der Waals surface area contributed by atoms with Gasteiger partial charge < -0.3 is 48.4 Å². The van der Waals surface area contributed by atoms with E-state index < -0.39 is 59.7 Å². The average molecular weight is 855 g/mol. The van der Waals surface area contributed by atoms with Gasteiger partial charge in [0.25, 0.3) is 0 Å². The van der Waals surface area contributed by atoms with Crippen LogP contribution in [0.25, 0.3) is 10.9 Å². The Morgan fingerprint density at radius 2 is 1.52 bits per heavy atom. The van der Waals surface area contributed by atoms with Gasteiger partial charge in [0, 0.05) is 54.4 Å². The predicted octanol–water partition coefficient (Wildman–Crippen LogP) is 2.16. The van der Waals surface area contributed by atoms with Crippen molar-refractivity contribution in [3.8, 4) is 0 Å². The molecule has 16 nitrogen and oxygen atoms in total. The Bertz CT molecular complexity index is 2210. The molecule has 3 aromatic carbocycles. The molecule has 1 aliphatic carbocycles. The number of nitrogens with one attached hydrogen (secondary N) is 8. The molecular formula is C44H55ClN10O6. The maximum Gasteiger partial charge on any atom is 0.246 e. The van der Waals surface area contributed by atoms with Crippen molar-refractivity contribution < 1.29 is 28.8 Å². The van der Waals surface area contributed by atoms with E-state index in [0.29, 0.717) is 17.9 Å². The first-order valence-corrected chi connectivity index (χ1v) is 20.9. The van der Waals surface area contributed by atoms with E-state index in [2.05, 4.69) is 36.9 Å². The van der Waals surface area contributed by atoms with Gasteiger partial charge in [-0.05, 0) is 66.5 Å². The lowest BCUT2D eigenvalue weighted by Gasteiger charge is -2.39. The standard InChI is InChI=1S/C44H55ClN10O6/c1-2-3-18-38(57)55-44(20-19-30-28(24-44)13-9-15-32(30)45)42(61)54-35(22-27-11-5-4-6-12-27)41(60)52-34(17-10-21-49-43(47)48)40(59)53-36(39(58)51-26-37(46)56)23-29-25-50-33-16-8-7-14-31(29)33/h4-9,11-16,25,34-36,50H,2-3,10,17-24,26H2,1H3,(H2,46,56)(H,51,58)(H,52,60)(H,53,59)(H,54,61)(H,55,57)(H4,47,48,49)/t34-,35+,36-,44?/m0/s1. The number of fused-ring (bicyclic) bond motifs is 2. The number of rotatable bonds is 21. The van der Waals surface area contributed by atoms with E-state index in [1.54, 1.807) is 30.5 Å². The highest BCUT2D eigenvalue weighted by Gasteiger charge is 2.44. The topological polar surface area (TPSA) is 266 Å². The zero-order valence-corrected chi connectivity index (χ0v) is 35.0. The summed E-state index contributed by atoms with van der Waals surface area (Å²) in [4.78, 5) is 85.0. The summed E-state index contributed by atoms with van der Waals surface area (Å²) < 4.78 is 0. The molecule has 1 aliphatic rings. The molecule has 0 fully saturated rings. The number of halogens is 1. The lowest BCUT2D eigenvalue weighted by molar-refractivity contribution is -0.137. The SMILES string of the molecule is CCCCC(=O)NC1(C(=O)N[C@H](Cc2ccccc2)C(=O)N[C@@H](CCCNC(=N)N)C(=O)N[C@@H](Cc2c[nH]c3ccccc23)C(=O)NCC(N)=O)CCc2c(Cl)cccc2C1. The number of nitrogens with two attached hydrogens (primary N) is 2. The van der Waals surface area contributed by atoms with E-state index in [-0.39, 0.29) is 63.4 Å². The van der Waals surface area contributed by atoms with Crippen LogP contribution in [0.2, 0.25) is 5.02 Å². The molecule has 6 amide bonds. The molecule has 1 unspecified atom stereocenters. The van der Waals surface area contributed by atoms with Gasteiger partial charge in [-0.3, -0.25) is 34.2 Å². The molecule has 0 bridgehead atoms. The lowest BCUT2D eigenvalue weighted by Crippen LogP contribution is -2.65. The Morgan fingerprint density at radius 3 is 2.26 bits per heavy atom. The summed E-state index contributed by atoms with van der Waals surface area (Å²) in [5, 5.41) is 25.7. The van der Waals surface area contributed by atoms with Gasteiger partial charge in [-0.1, -0.05) is 85.6 Å². The van der Waals surface area contributed by atoms with Crippen LogP contribution in [0.3, 0.4) is 0 Å². The normalized spacial score (nSPS) is 15.9. The molecule has 4 atom stereocenters. The highest BCUT2D eigenvalue weighted by atomic mass is 35.5. The smallest absolute Gasteiger partial charge is 0.246 e. The molecule has 324 valence electrons. The minimum Gasteiger partial charge on any atom is -0.370 e. The quantitative estimate of drug-likeness (QED) is 0.0337. The van der Waals surface area contributed by atoms with Crippen LogP contribution in [0, 0.1) is 5.41 Å². The number of para-hydroxylation sites is 1. The Morgan fingerprint density at radius 1 is 0.820 bits per heavy atom. The van der Waals surface area contributed by atoms with Crippen LogP contribution in [0.1, 0.15) is 67.7 Å². The number of unbranched alkanes of at least 4 members (excludes halogenated alkanes) is 1. The highest BCUT2D eigenvalue weighted by Crippen LogP contribution is 2.34. The van der Waals surface area contributed by atoms with Gasteiger partial charge in [0.1, 0.15) is 23.7 Å². The molecule has 5 rings (SSSR count). The van der Waals surface area contributed by atoms with Gasteiger partial charge in [-0.25, -0.2) is 0 Å². The maximum absolute atomic E-state index is 14.7. The zero-order valence-electron chi connectivity index (χ0n) is 34.2. The van der Waals surface area contributed by atoms with Crippen molar-refractivity contribution in [2.45, 2.75) is 94.8 Å². The van der Waals surface area contributed by atoms with Crippen LogP contribution in [-0.4, -0.2) is 83.1 Å². The second-order valence-corrected chi connectivity index (χ2v) is 15.8. The molecule has 1 heterocycles. The van der Waals surface area contributed by atoms with Crippen LogP contribution in [0.5, 0.6) is 0 Å². The van der Waals surface area contributed by atoms with E-state index in [4.69, 9.17) is 28.5 Å². The maximum atomic E-state index is 14.7. The number of aromatic amines is 1. The number of H-pyrrole nitrogens is 1. The molecule has 12 N–H and O–H groups in total. The van der Waals surface area contributed by atoms with Crippen molar-refractivity contribution in [2.75, 3.05) is 13.1 Å². The van der Waals surface area contributed by atoms with E-state index in [0.717, 1.165) is 39.6 Å². The monoisotopic (exact) mass is 854 g/mol. The Hall–Kier alpha value is -6.42. The first-order valence-electron chi connectivity index (χ1n) is 20.5. The zero-order chi connectivity index (χ0) is 43.9. The summed E-state index contributed by atoms with van der Waals surface area (Å²) in [6.07, 6.45) is 4.54. The molecule has 61 heavy (non-hydrogen) atoms. The fourth-order valence-electron chi connectivity index (χ4n) is 7.55. The molecule has 0 saturated heterocycles. The minimum atomic E-state index is -1.40. The van der Waals surface area contributed by atoms with Crippen molar-refractivity contribution in [1.29, 1.82) is 5.41 Å². The number of amides is 6. The van der Waals surface area contributed by atoms with E-state index in [1.807, 2.05) is 55.5 Å². The number of primary amides is 1. The van der Waals surface area contributed by atoms with Crippen LogP contribution in [0.4, 0.5) is 0 Å². The fraction of sp³-hybridized carbons (Fsp3) is 0.386. The third kappa shape index (κ3) is 12.8. The molecule has 1 aromatic heterocycles. The second-order valence-electron chi connectivity index (χ2n) is 15.4. The summed E-state index contributed by atoms with van der Waals surface area (Å²) in [5.74, 6) is -3.96. The number of hydrogen-bond acceptors (Lipinski definition) is 7. The largest absolute Gasteiger partial charge is 0.370 e. The number of carbonyl (C=O) groups is 6. The molecule has 0 spiro atoms. The molecule has 0 aliphatic heterocycles. The summed E-state index contributed by atoms with van der Waals surface area (Å²) in [5.41, 5.74) is 13.4. The number of carbonyl (C=O) groups excluding carboxylic acids is 6. The first-order chi connectivity index (χ1) is 29.3. The number of aromatic nitrogens is 1. The summed E-state index contributed by atoms with van der Waals surface area (Å²) in [7, 11) is 0. The Balaban J connectivity index is 1.43. The Labute approximate surface area is 359 Å². The predicted molar refractivity (Wildman–Crippen MR) is 233 cm³/mol. The van der Waals surface area contributed by atoms with Crippen molar-refractivity contribution in [2.24, 2.45) is 11.5 Å².